The van der Waals surface area contributed by atoms with Gasteiger partial charge in [0.2, 0.25) is 11.8 Å². The van der Waals surface area contributed by atoms with E-state index in [9.17, 15) is 24.3 Å². The monoisotopic (exact) mass is 514 g/mol. The van der Waals surface area contributed by atoms with Crippen molar-refractivity contribution in [2.75, 3.05) is 18.1 Å². The van der Waals surface area contributed by atoms with Crippen molar-refractivity contribution in [2.45, 2.75) is 42.3 Å². The molecule has 0 unspecified atom stereocenters. The fraction of sp³-hybridized carbons (Fsp3) is 0.500. The van der Waals surface area contributed by atoms with E-state index >= 15 is 0 Å². The number of rotatable bonds is 8. The molecule has 1 saturated carbocycles. The molecule has 4 N–H and O–H groups in total. The summed E-state index contributed by atoms with van der Waals surface area (Å²) in [6.45, 7) is 0.538. The number of H-pyrrole nitrogens is 1. The summed E-state index contributed by atoms with van der Waals surface area (Å²) in [7, 11) is 0. The number of aromatic nitrogens is 3. The van der Waals surface area contributed by atoms with Crippen LogP contribution in [0, 0.1) is 5.92 Å². The second-order valence-corrected chi connectivity index (χ2v) is 10.3. The first kappa shape index (κ1) is 25.3. The molecule has 14 heteroatoms. The third-order valence-electron chi connectivity index (χ3n) is 6.07. The Labute approximate surface area is 227 Å². The van der Waals surface area contributed by atoms with Gasteiger partial charge in [-0.05, 0) is 42.7 Å². The number of β-lactam (4-membered cyclic amide) rings is 1. The number of nitrogens with zero attached hydrogens (tertiary/aromatic N) is 3. The van der Waals surface area contributed by atoms with E-state index in [0.717, 1.165) is 30.2 Å². The zero-order chi connectivity index (χ0) is 23.1. The van der Waals surface area contributed by atoms with Crippen molar-refractivity contribution < 1.29 is 55.3 Å². The number of carboxylic acid groups (broad SMARTS) is 1. The van der Waals surface area contributed by atoms with Crippen molar-refractivity contribution in [2.24, 2.45) is 5.92 Å². The molecule has 0 spiro atoms. The molecule has 5 rings (SSSR count). The predicted octanol–water partition coefficient (Wildman–Crippen LogP) is -2.63. The number of carbonyl (C=O) groups is 4. The molecule has 0 bridgehead atoms. The van der Waals surface area contributed by atoms with Gasteiger partial charge in [0, 0.05) is 17.9 Å². The van der Waals surface area contributed by atoms with Crippen LogP contribution in [0.2, 0.25) is 0 Å². The van der Waals surface area contributed by atoms with Gasteiger partial charge in [-0.25, -0.2) is 9.78 Å². The molecule has 34 heavy (non-hydrogen) atoms. The Balaban J connectivity index is 0.00000171. The molecule has 0 radical (unpaired) electrons. The number of hydrogen-bond donors (Lipinski definition) is 4. The van der Waals surface area contributed by atoms with E-state index in [0.29, 0.717) is 47.4 Å². The van der Waals surface area contributed by atoms with Crippen LogP contribution in [0.5, 0.6) is 0 Å². The number of aliphatic carboxylic acids is 1. The van der Waals surface area contributed by atoms with Crippen molar-refractivity contribution >= 4 is 47.2 Å². The Bertz CT molecular complexity index is 1090. The van der Waals surface area contributed by atoms with Gasteiger partial charge in [-0.1, -0.05) is 11.8 Å². The molecule has 11 nitrogen and oxygen atoms in total. The molecule has 3 fully saturated rings. The topological polar surface area (TPSA) is 157 Å². The maximum Gasteiger partial charge on any atom is 1.00 e. The molecular weight excluding hydrogens is 491 g/mol. The number of thioether (sulfide) groups is 2. The predicted molar refractivity (Wildman–Crippen MR) is 120 cm³/mol. The van der Waals surface area contributed by atoms with Crippen molar-refractivity contribution in [1.29, 1.82) is 0 Å². The average molecular weight is 515 g/mol. The number of hydrogen-bond acceptors (Lipinski definition) is 8. The van der Waals surface area contributed by atoms with Crippen LogP contribution in [0.1, 0.15) is 27.1 Å². The van der Waals surface area contributed by atoms with Crippen LogP contribution < -0.4 is 40.2 Å². The zero-order valence-corrected chi connectivity index (χ0v) is 22.1. The first-order valence-electron chi connectivity index (χ1n) is 10.6. The van der Waals surface area contributed by atoms with Gasteiger partial charge in [-0.2, -0.15) is 5.10 Å². The molecule has 2 saturated heterocycles. The number of nitrogens with one attached hydrogen (secondary N) is 3. The summed E-state index contributed by atoms with van der Waals surface area (Å²) in [6, 6.07) is -0.789. The third kappa shape index (κ3) is 4.94. The molecule has 176 valence electrons. The molecule has 2 atom stereocenters. The Morgan fingerprint density at radius 1 is 1.35 bits per heavy atom. The van der Waals surface area contributed by atoms with E-state index in [1.54, 1.807) is 0 Å². The molecule has 1 aliphatic carbocycles. The number of carboxylic acids is 1. The molecule has 0 aromatic carbocycles. The van der Waals surface area contributed by atoms with Crippen molar-refractivity contribution in [3.63, 3.8) is 0 Å². The minimum absolute atomic E-state index is 0. The van der Waals surface area contributed by atoms with E-state index in [1.165, 1.54) is 23.0 Å². The fourth-order valence-corrected chi connectivity index (χ4v) is 6.28. The maximum atomic E-state index is 12.9. The van der Waals surface area contributed by atoms with Crippen LogP contribution in [0.3, 0.4) is 0 Å². The van der Waals surface area contributed by atoms with Gasteiger partial charge < -0.3 is 17.2 Å². The van der Waals surface area contributed by atoms with Crippen LogP contribution in [0.25, 0.3) is 0 Å². The summed E-state index contributed by atoms with van der Waals surface area (Å²) in [6.07, 6.45) is 4.67. The summed E-state index contributed by atoms with van der Waals surface area (Å²) in [5, 5.41) is 21.9. The number of carbonyl (C=O) groups excluding carboxylic acids is 3. The van der Waals surface area contributed by atoms with Gasteiger partial charge in [0.15, 0.2) is 5.16 Å². The van der Waals surface area contributed by atoms with Gasteiger partial charge in [-0.15, -0.1) is 11.8 Å². The Morgan fingerprint density at radius 3 is 2.76 bits per heavy atom. The Morgan fingerprint density at radius 2 is 2.15 bits per heavy atom. The molecule has 1 aromatic heterocycles. The maximum absolute atomic E-state index is 12.9. The minimum Gasteiger partial charge on any atom is -1.00 e. The average Bonchev–Trinajstić information content (AvgIpc) is 3.27. The second kappa shape index (κ2) is 10.4. The molecule has 1 aromatic rings. The van der Waals surface area contributed by atoms with E-state index in [4.69, 9.17) is 0 Å². The summed E-state index contributed by atoms with van der Waals surface area (Å²) in [5.74, 6) is -1.27. The SMILES string of the molecule is O=C(CSc1ncn[nH]1)N[C@@H]1C(=O)N2C(C(=O)O)=C(C(CC3CC3)=C3CCNC3=O)CS[C@H]12.[H-].[Na+]. The second-order valence-electron chi connectivity index (χ2n) is 8.28. The Hall–Kier alpha value is -1.80. The van der Waals surface area contributed by atoms with Crippen molar-refractivity contribution in [3.05, 3.63) is 28.7 Å². The van der Waals surface area contributed by atoms with Gasteiger partial charge >= 0.3 is 35.5 Å². The van der Waals surface area contributed by atoms with Gasteiger partial charge in [-0.3, -0.25) is 24.4 Å². The van der Waals surface area contributed by atoms with Crippen LogP contribution in [-0.2, 0) is 19.2 Å². The van der Waals surface area contributed by atoms with Gasteiger partial charge in [0.05, 0.1) is 5.75 Å². The Kier molecular flexibility index (Phi) is 7.77. The molecule has 3 aliphatic heterocycles. The molecule has 3 amide bonds. The number of amides is 3. The smallest absolute Gasteiger partial charge is 1.00 e. The minimum atomic E-state index is -1.19. The summed E-state index contributed by atoms with van der Waals surface area (Å²) < 4.78 is 0. The van der Waals surface area contributed by atoms with E-state index in [2.05, 4.69) is 25.8 Å². The first-order chi connectivity index (χ1) is 15.9. The van der Waals surface area contributed by atoms with Crippen LogP contribution >= 0.6 is 23.5 Å². The zero-order valence-electron chi connectivity index (χ0n) is 19.5. The molecular formula is C20H23N6NaO5S2. The number of fused-ring (bicyclic) bond motifs is 1. The quantitative estimate of drug-likeness (QED) is 0.126. The molecule has 4 aliphatic rings. The number of aromatic amines is 1. The summed E-state index contributed by atoms with van der Waals surface area (Å²) in [4.78, 5) is 55.1. The van der Waals surface area contributed by atoms with Crippen molar-refractivity contribution in [3.8, 4) is 0 Å². The van der Waals surface area contributed by atoms with Gasteiger partial charge in [0.1, 0.15) is 23.4 Å². The number of allylic oxidation sites excluding steroid dienone is 1. The van der Waals surface area contributed by atoms with Crippen LogP contribution in [0.4, 0.5) is 0 Å². The first-order valence-corrected chi connectivity index (χ1v) is 12.7. The van der Waals surface area contributed by atoms with E-state index in [1.807, 2.05) is 0 Å². The van der Waals surface area contributed by atoms with E-state index in [-0.39, 0.29) is 54.2 Å². The standard InChI is InChI=1S/C20H22N6O5S2.Na.H/c27-13(7-33-20-22-8-23-25-20)24-14-17(29)26-15(19(30)31)12(6-32-18(14)26)11(5-9-1-2-9)10-3-4-21-16(10)28;;/h8-9,14,18H,1-7H2,(H,21,28)(H,24,27)(H,30,31)(H,22,23,25);;/q;+1;-1/t14-,18-;;/m1../s1. The summed E-state index contributed by atoms with van der Waals surface area (Å²) >= 11 is 2.57. The normalized spacial score (nSPS) is 25.2. The van der Waals surface area contributed by atoms with Crippen LogP contribution in [-0.4, -0.2) is 78.3 Å². The largest absolute Gasteiger partial charge is 1.00 e. The van der Waals surface area contributed by atoms with E-state index < -0.39 is 23.3 Å². The van der Waals surface area contributed by atoms with Gasteiger partial charge in [0.25, 0.3) is 5.91 Å². The fourth-order valence-electron chi connectivity index (χ4n) is 4.31. The third-order valence-corrected chi connectivity index (χ3v) is 8.23. The molecule has 4 heterocycles. The summed E-state index contributed by atoms with van der Waals surface area (Å²) in [5.41, 5.74) is 1.91. The van der Waals surface area contributed by atoms with Crippen LogP contribution in [0.15, 0.2) is 33.9 Å². The van der Waals surface area contributed by atoms with Crippen molar-refractivity contribution in [1.82, 2.24) is 30.7 Å².